The second-order valence-corrected chi connectivity index (χ2v) is 4.71. The largest absolute Gasteiger partial charge is 0.488 e. The fourth-order valence-corrected chi connectivity index (χ4v) is 1.94. The zero-order valence-corrected chi connectivity index (χ0v) is 11.9. The molecule has 0 heterocycles. The Morgan fingerprint density at radius 1 is 0.917 bits per heavy atom. The van der Waals surface area contributed by atoms with Crippen LogP contribution in [-0.2, 0) is 12.4 Å². The summed E-state index contributed by atoms with van der Waals surface area (Å²) in [4.78, 5) is 22.7. The maximum Gasteiger partial charge on any atom is 0.416 e. The summed E-state index contributed by atoms with van der Waals surface area (Å²) in [6.45, 7) is 1.49. The number of hydrogen-bond acceptors (Lipinski definition) is 4. The van der Waals surface area contributed by atoms with Gasteiger partial charge in [0.15, 0.2) is 5.75 Å². The third-order valence-corrected chi connectivity index (χ3v) is 3.01. The number of anilines is 2. The number of benzene rings is 1. The maximum atomic E-state index is 12.8. The molecule has 1 N–H and O–H groups in total. The van der Waals surface area contributed by atoms with Crippen molar-refractivity contribution in [3.63, 3.8) is 0 Å². The minimum Gasteiger partial charge on any atom is -0.488 e. The normalized spacial score (nSPS) is 12.5. The van der Waals surface area contributed by atoms with E-state index < -0.39 is 51.5 Å². The molecule has 0 spiro atoms. The molecular formula is C14H9F6NO3. The van der Waals surface area contributed by atoms with E-state index in [4.69, 9.17) is 4.74 Å². The standard InChI is InChI=1S/C14H9F6NO3/c1-2-24-12-9(10(22)11(12)23)21-8-4-6(13(15,16)17)3-7(5-8)14(18,19)20/h3-5,21H,2H2,1H3. The summed E-state index contributed by atoms with van der Waals surface area (Å²) >= 11 is 0. The van der Waals surface area contributed by atoms with Crippen molar-refractivity contribution in [1.82, 2.24) is 0 Å². The Hall–Kier alpha value is -2.52. The number of rotatable bonds is 4. The minimum atomic E-state index is -5.02. The van der Waals surface area contributed by atoms with E-state index in [0.29, 0.717) is 12.1 Å². The number of nitrogens with one attached hydrogen (secondary N) is 1. The van der Waals surface area contributed by atoms with Crippen molar-refractivity contribution < 1.29 is 31.1 Å². The van der Waals surface area contributed by atoms with E-state index in [2.05, 4.69) is 5.32 Å². The van der Waals surface area contributed by atoms with Gasteiger partial charge in [0.05, 0.1) is 17.7 Å². The summed E-state index contributed by atoms with van der Waals surface area (Å²) in [5.41, 5.74) is -6.28. The monoisotopic (exact) mass is 353 g/mol. The van der Waals surface area contributed by atoms with E-state index in [1.165, 1.54) is 6.92 Å². The highest BCUT2D eigenvalue weighted by Gasteiger charge is 2.37. The summed E-state index contributed by atoms with van der Waals surface area (Å²) in [5.74, 6) is -0.423. The molecule has 0 radical (unpaired) electrons. The van der Waals surface area contributed by atoms with Gasteiger partial charge in [0, 0.05) is 5.69 Å². The molecule has 0 saturated carbocycles. The number of halogens is 6. The Labute approximate surface area is 130 Å². The Bertz CT molecular complexity index is 798. The third kappa shape index (κ3) is 3.36. The molecule has 0 amide bonds. The minimum absolute atomic E-state index is 0.00404. The first kappa shape index (κ1) is 17.8. The molecule has 0 atom stereocenters. The highest BCUT2D eigenvalue weighted by Crippen LogP contribution is 2.38. The predicted molar refractivity (Wildman–Crippen MR) is 72.3 cm³/mol. The Kier molecular flexibility index (Phi) is 4.34. The molecule has 0 aliphatic heterocycles. The van der Waals surface area contributed by atoms with Crippen LogP contribution in [0.3, 0.4) is 0 Å². The van der Waals surface area contributed by atoms with Crippen molar-refractivity contribution >= 4 is 11.4 Å². The van der Waals surface area contributed by atoms with Crippen LogP contribution in [0.2, 0.25) is 0 Å². The average molecular weight is 353 g/mol. The van der Waals surface area contributed by atoms with Crippen LogP contribution in [0.1, 0.15) is 18.1 Å². The molecule has 0 unspecified atom stereocenters. The van der Waals surface area contributed by atoms with Gasteiger partial charge in [0.25, 0.3) is 10.9 Å². The van der Waals surface area contributed by atoms with E-state index in [1.807, 2.05) is 0 Å². The lowest BCUT2D eigenvalue weighted by molar-refractivity contribution is -0.143. The van der Waals surface area contributed by atoms with Crippen molar-refractivity contribution in [2.24, 2.45) is 0 Å². The molecule has 4 nitrogen and oxygen atoms in total. The van der Waals surface area contributed by atoms with Gasteiger partial charge in [-0.05, 0) is 25.1 Å². The Balaban J connectivity index is 2.50. The quantitative estimate of drug-likeness (QED) is 0.676. The SMILES string of the molecule is CCOc1c(Nc2cc(C(F)(F)F)cc(C(F)(F)F)c2)c(=O)c1=O. The fraction of sp³-hybridized carbons (Fsp3) is 0.286. The molecule has 0 aliphatic carbocycles. The molecule has 130 valence electrons. The average Bonchev–Trinajstić information content (AvgIpc) is 2.48. The van der Waals surface area contributed by atoms with Gasteiger partial charge in [-0.1, -0.05) is 0 Å². The summed E-state index contributed by atoms with van der Waals surface area (Å²) in [6.07, 6.45) is -10.0. The number of hydrogen-bond donors (Lipinski definition) is 1. The lowest BCUT2D eigenvalue weighted by Crippen LogP contribution is -2.35. The van der Waals surface area contributed by atoms with Crippen LogP contribution in [0.4, 0.5) is 37.7 Å². The van der Waals surface area contributed by atoms with E-state index in [0.717, 1.165) is 0 Å². The zero-order valence-electron chi connectivity index (χ0n) is 11.9. The van der Waals surface area contributed by atoms with Gasteiger partial charge in [-0.3, -0.25) is 9.59 Å². The molecule has 0 fully saturated rings. The van der Waals surface area contributed by atoms with Crippen molar-refractivity contribution in [3.8, 4) is 5.75 Å². The molecule has 0 aliphatic rings. The smallest absolute Gasteiger partial charge is 0.416 e. The molecule has 0 saturated heterocycles. The van der Waals surface area contributed by atoms with Gasteiger partial charge in [0.1, 0.15) is 5.69 Å². The van der Waals surface area contributed by atoms with Gasteiger partial charge in [-0.25, -0.2) is 0 Å². The first-order valence-electron chi connectivity index (χ1n) is 6.47. The zero-order chi connectivity index (χ0) is 18.3. The highest BCUT2D eigenvalue weighted by molar-refractivity contribution is 5.70. The van der Waals surface area contributed by atoms with Crippen molar-refractivity contribution in [2.45, 2.75) is 19.3 Å². The lowest BCUT2D eigenvalue weighted by atomic mass is 10.1. The topological polar surface area (TPSA) is 55.4 Å². The number of ether oxygens (including phenoxy) is 1. The van der Waals surface area contributed by atoms with Crippen LogP contribution in [0, 0.1) is 0 Å². The summed E-state index contributed by atoms with van der Waals surface area (Å²) < 4.78 is 81.4. The molecule has 2 aromatic carbocycles. The second-order valence-electron chi connectivity index (χ2n) is 4.71. The van der Waals surface area contributed by atoms with Gasteiger partial charge in [-0.2, -0.15) is 26.3 Å². The van der Waals surface area contributed by atoms with Gasteiger partial charge < -0.3 is 10.1 Å². The number of alkyl halides is 6. The molecule has 24 heavy (non-hydrogen) atoms. The molecule has 2 aromatic rings. The summed E-state index contributed by atoms with van der Waals surface area (Å²) in [6, 6.07) is 0.764. The lowest BCUT2D eigenvalue weighted by Gasteiger charge is -2.17. The van der Waals surface area contributed by atoms with E-state index in [1.54, 1.807) is 0 Å². The molecule has 2 rings (SSSR count). The van der Waals surface area contributed by atoms with Crippen LogP contribution in [0.15, 0.2) is 27.8 Å². The van der Waals surface area contributed by atoms with Gasteiger partial charge in [-0.15, -0.1) is 0 Å². The van der Waals surface area contributed by atoms with Crippen LogP contribution >= 0.6 is 0 Å². The van der Waals surface area contributed by atoms with Gasteiger partial charge >= 0.3 is 12.4 Å². The summed E-state index contributed by atoms with van der Waals surface area (Å²) in [5, 5.41) is 2.10. The first-order valence-corrected chi connectivity index (χ1v) is 6.47. The second kappa shape index (κ2) is 5.84. The predicted octanol–water partition coefficient (Wildman–Crippen LogP) is 3.46. The Morgan fingerprint density at radius 2 is 1.42 bits per heavy atom. The van der Waals surface area contributed by atoms with Crippen LogP contribution in [-0.4, -0.2) is 6.61 Å². The highest BCUT2D eigenvalue weighted by atomic mass is 19.4. The molecular weight excluding hydrogens is 344 g/mol. The fourth-order valence-electron chi connectivity index (χ4n) is 1.94. The van der Waals surface area contributed by atoms with E-state index >= 15 is 0 Å². The summed E-state index contributed by atoms with van der Waals surface area (Å²) in [7, 11) is 0. The van der Waals surface area contributed by atoms with Crippen molar-refractivity contribution in [2.75, 3.05) is 11.9 Å². The first-order chi connectivity index (χ1) is 10.9. The maximum absolute atomic E-state index is 12.8. The Morgan fingerprint density at radius 3 is 1.83 bits per heavy atom. The van der Waals surface area contributed by atoms with Crippen molar-refractivity contribution in [3.05, 3.63) is 49.8 Å². The van der Waals surface area contributed by atoms with E-state index in [-0.39, 0.29) is 12.7 Å². The van der Waals surface area contributed by atoms with Gasteiger partial charge in [0.2, 0.25) is 0 Å². The van der Waals surface area contributed by atoms with Crippen molar-refractivity contribution in [1.29, 1.82) is 0 Å². The third-order valence-electron chi connectivity index (χ3n) is 3.01. The van der Waals surface area contributed by atoms with Crippen LogP contribution < -0.4 is 20.9 Å². The molecule has 0 aromatic heterocycles. The molecule has 10 heteroatoms. The van der Waals surface area contributed by atoms with Crippen LogP contribution in [0.5, 0.6) is 5.75 Å². The molecule has 0 bridgehead atoms. The van der Waals surface area contributed by atoms with E-state index in [9.17, 15) is 35.9 Å². The van der Waals surface area contributed by atoms with Crippen LogP contribution in [0.25, 0.3) is 0 Å².